The largest absolute Gasteiger partial charge is 0.353 e. The van der Waals surface area contributed by atoms with Crippen LogP contribution in [-0.2, 0) is 0 Å². The normalized spacial score (nSPS) is 11.4. The van der Waals surface area contributed by atoms with Crippen molar-refractivity contribution in [2.45, 2.75) is 0 Å². The van der Waals surface area contributed by atoms with Gasteiger partial charge < -0.3 is 4.98 Å². The SMILES string of the molecule is Clc1ccc(C=Nc2c(-c3ccccc3)[nH]c3ccccc23)cc1. The summed E-state index contributed by atoms with van der Waals surface area (Å²) < 4.78 is 0. The van der Waals surface area contributed by atoms with E-state index in [1.807, 2.05) is 60.8 Å². The molecule has 0 aliphatic rings. The number of aliphatic imine (C=N–C) groups is 1. The van der Waals surface area contributed by atoms with Crippen molar-refractivity contribution in [3.63, 3.8) is 0 Å². The monoisotopic (exact) mass is 330 g/mol. The molecule has 0 atom stereocenters. The molecule has 0 radical (unpaired) electrons. The number of benzene rings is 3. The molecule has 1 heterocycles. The van der Waals surface area contributed by atoms with Crippen molar-refractivity contribution in [3.05, 3.63) is 89.4 Å². The Morgan fingerprint density at radius 2 is 1.50 bits per heavy atom. The Bertz CT molecular complexity index is 999. The smallest absolute Gasteiger partial charge is 0.0963 e. The van der Waals surface area contributed by atoms with Gasteiger partial charge in [0.25, 0.3) is 0 Å². The Morgan fingerprint density at radius 3 is 2.29 bits per heavy atom. The zero-order valence-electron chi connectivity index (χ0n) is 12.9. The van der Waals surface area contributed by atoms with Crippen molar-refractivity contribution >= 4 is 34.4 Å². The highest BCUT2D eigenvalue weighted by Crippen LogP contribution is 2.37. The zero-order chi connectivity index (χ0) is 16.4. The highest BCUT2D eigenvalue weighted by Gasteiger charge is 2.11. The molecule has 24 heavy (non-hydrogen) atoms. The Balaban J connectivity index is 1.85. The summed E-state index contributed by atoms with van der Waals surface area (Å²) >= 11 is 5.95. The van der Waals surface area contributed by atoms with Gasteiger partial charge in [0.2, 0.25) is 0 Å². The van der Waals surface area contributed by atoms with Crippen molar-refractivity contribution in [3.8, 4) is 11.3 Å². The van der Waals surface area contributed by atoms with Gasteiger partial charge in [0.05, 0.1) is 11.4 Å². The lowest BCUT2D eigenvalue weighted by Crippen LogP contribution is -1.81. The van der Waals surface area contributed by atoms with Crippen LogP contribution in [0.25, 0.3) is 22.2 Å². The third-order valence-electron chi connectivity index (χ3n) is 3.95. The Kier molecular flexibility index (Phi) is 3.89. The minimum atomic E-state index is 0.726. The van der Waals surface area contributed by atoms with Crippen LogP contribution in [0.15, 0.2) is 83.9 Å². The van der Waals surface area contributed by atoms with Crippen LogP contribution in [0, 0.1) is 0 Å². The molecule has 4 aromatic rings. The van der Waals surface area contributed by atoms with Gasteiger partial charge in [-0.3, -0.25) is 4.99 Å². The fourth-order valence-electron chi connectivity index (χ4n) is 2.76. The van der Waals surface area contributed by atoms with Crippen molar-refractivity contribution in [2.75, 3.05) is 0 Å². The number of nitrogens with one attached hydrogen (secondary N) is 1. The minimum Gasteiger partial charge on any atom is -0.353 e. The molecule has 0 fully saturated rings. The van der Waals surface area contributed by atoms with Crippen molar-refractivity contribution in [1.82, 2.24) is 4.98 Å². The first-order valence-electron chi connectivity index (χ1n) is 7.77. The average Bonchev–Trinajstić information content (AvgIpc) is 3.01. The van der Waals surface area contributed by atoms with Gasteiger partial charge in [-0.1, -0.05) is 72.3 Å². The molecule has 0 aliphatic carbocycles. The maximum absolute atomic E-state index is 5.95. The van der Waals surface area contributed by atoms with Crippen LogP contribution in [0.3, 0.4) is 0 Å². The van der Waals surface area contributed by atoms with Crippen LogP contribution in [0.1, 0.15) is 5.56 Å². The number of aromatic amines is 1. The lowest BCUT2D eigenvalue weighted by molar-refractivity contribution is 1.43. The maximum Gasteiger partial charge on any atom is 0.0963 e. The van der Waals surface area contributed by atoms with Crippen molar-refractivity contribution < 1.29 is 0 Å². The van der Waals surface area contributed by atoms with Crippen LogP contribution in [-0.4, -0.2) is 11.2 Å². The van der Waals surface area contributed by atoms with Gasteiger partial charge in [-0.15, -0.1) is 0 Å². The van der Waals surface area contributed by atoms with Gasteiger partial charge in [-0.2, -0.15) is 0 Å². The topological polar surface area (TPSA) is 28.1 Å². The second kappa shape index (κ2) is 6.34. The first kappa shape index (κ1) is 14.7. The van der Waals surface area contributed by atoms with Gasteiger partial charge in [-0.05, 0) is 23.8 Å². The fourth-order valence-corrected chi connectivity index (χ4v) is 2.89. The molecule has 0 amide bonds. The lowest BCUT2D eigenvalue weighted by Gasteiger charge is -2.00. The first-order valence-corrected chi connectivity index (χ1v) is 8.15. The van der Waals surface area contributed by atoms with Gasteiger partial charge in [-0.25, -0.2) is 0 Å². The molecule has 1 N–H and O–H groups in total. The number of para-hydroxylation sites is 1. The van der Waals surface area contributed by atoms with E-state index >= 15 is 0 Å². The number of rotatable bonds is 3. The average molecular weight is 331 g/mol. The molecular formula is C21H15ClN2. The van der Waals surface area contributed by atoms with Crippen LogP contribution >= 0.6 is 11.6 Å². The quantitative estimate of drug-likeness (QED) is 0.431. The van der Waals surface area contributed by atoms with E-state index < -0.39 is 0 Å². The number of H-pyrrole nitrogens is 1. The summed E-state index contributed by atoms with van der Waals surface area (Å²) in [6.07, 6.45) is 1.87. The van der Waals surface area contributed by atoms with Gasteiger partial charge in [0.1, 0.15) is 0 Å². The summed E-state index contributed by atoms with van der Waals surface area (Å²) in [7, 11) is 0. The van der Waals surface area contributed by atoms with E-state index in [0.717, 1.165) is 38.4 Å². The molecule has 0 bridgehead atoms. The van der Waals surface area contributed by atoms with Crippen molar-refractivity contribution in [2.24, 2.45) is 4.99 Å². The molecule has 116 valence electrons. The summed E-state index contributed by atoms with van der Waals surface area (Å²) in [6, 6.07) is 26.2. The van der Waals surface area contributed by atoms with Crippen LogP contribution in [0.5, 0.6) is 0 Å². The zero-order valence-corrected chi connectivity index (χ0v) is 13.7. The molecule has 0 saturated carbocycles. The summed E-state index contributed by atoms with van der Waals surface area (Å²) in [4.78, 5) is 8.26. The second-order valence-corrected chi connectivity index (χ2v) is 6.01. The molecule has 0 unspecified atom stereocenters. The number of hydrogen-bond acceptors (Lipinski definition) is 1. The number of nitrogens with zero attached hydrogens (tertiary/aromatic N) is 1. The van der Waals surface area contributed by atoms with E-state index in [1.165, 1.54) is 0 Å². The molecule has 1 aromatic heterocycles. The van der Waals surface area contributed by atoms with E-state index in [2.05, 4.69) is 29.2 Å². The number of halogens is 1. The fraction of sp³-hybridized carbons (Fsp3) is 0. The van der Waals surface area contributed by atoms with E-state index in [4.69, 9.17) is 16.6 Å². The van der Waals surface area contributed by atoms with Gasteiger partial charge in [0, 0.05) is 27.7 Å². The van der Waals surface area contributed by atoms with E-state index in [9.17, 15) is 0 Å². The molecule has 4 rings (SSSR count). The molecule has 0 spiro atoms. The lowest BCUT2D eigenvalue weighted by atomic mass is 10.1. The highest BCUT2D eigenvalue weighted by atomic mass is 35.5. The van der Waals surface area contributed by atoms with Crippen LogP contribution in [0.2, 0.25) is 5.02 Å². The predicted octanol–water partition coefficient (Wildman–Crippen LogP) is 6.24. The van der Waals surface area contributed by atoms with E-state index in [-0.39, 0.29) is 0 Å². The first-order chi connectivity index (χ1) is 11.8. The highest BCUT2D eigenvalue weighted by molar-refractivity contribution is 6.30. The molecule has 0 aliphatic heterocycles. The Morgan fingerprint density at radius 1 is 0.792 bits per heavy atom. The van der Waals surface area contributed by atoms with Crippen LogP contribution < -0.4 is 0 Å². The molecule has 3 heteroatoms. The predicted molar refractivity (Wildman–Crippen MR) is 102 cm³/mol. The molecular weight excluding hydrogens is 316 g/mol. The van der Waals surface area contributed by atoms with Gasteiger partial charge >= 0.3 is 0 Å². The molecule has 0 saturated heterocycles. The maximum atomic E-state index is 5.95. The Labute approximate surface area is 145 Å². The summed E-state index contributed by atoms with van der Waals surface area (Å²) in [5.41, 5.74) is 5.20. The molecule has 2 nitrogen and oxygen atoms in total. The third-order valence-corrected chi connectivity index (χ3v) is 4.21. The molecule has 3 aromatic carbocycles. The number of hydrogen-bond donors (Lipinski definition) is 1. The van der Waals surface area contributed by atoms with E-state index in [0.29, 0.717) is 0 Å². The summed E-state index contributed by atoms with van der Waals surface area (Å²) in [5, 5.41) is 1.84. The Hall–Kier alpha value is -2.84. The van der Waals surface area contributed by atoms with E-state index in [1.54, 1.807) is 0 Å². The number of aromatic nitrogens is 1. The van der Waals surface area contributed by atoms with Crippen LogP contribution in [0.4, 0.5) is 5.69 Å². The third kappa shape index (κ3) is 2.84. The van der Waals surface area contributed by atoms with Gasteiger partial charge in [0.15, 0.2) is 0 Å². The standard InChI is InChI=1S/C21H15ClN2/c22-17-12-10-15(11-13-17)14-23-21-18-8-4-5-9-19(18)24-20(21)16-6-2-1-3-7-16/h1-14,24H. The summed E-state index contributed by atoms with van der Waals surface area (Å²) in [6.45, 7) is 0. The number of fused-ring (bicyclic) bond motifs is 1. The second-order valence-electron chi connectivity index (χ2n) is 5.57. The summed E-state index contributed by atoms with van der Waals surface area (Å²) in [5.74, 6) is 0. The van der Waals surface area contributed by atoms with Crippen molar-refractivity contribution in [1.29, 1.82) is 0 Å². The minimum absolute atomic E-state index is 0.726.